The molecule has 8 rings (SSSR count). The molecule has 6 aromatic rings. The van der Waals surface area contributed by atoms with Crippen LogP contribution in [0.15, 0.2) is 151 Å². The number of carbonyl (C=O) groups is 5. The zero-order valence-corrected chi connectivity index (χ0v) is 68.5. The summed E-state index contributed by atoms with van der Waals surface area (Å²) in [6, 6.07) is 40.1. The molecule has 32 heteroatoms. The van der Waals surface area contributed by atoms with E-state index in [1.54, 1.807) is 37.4 Å². The molecule has 1 atom stereocenters. The summed E-state index contributed by atoms with van der Waals surface area (Å²) in [5.41, 5.74) is 18.7. The van der Waals surface area contributed by atoms with Crippen LogP contribution in [0.3, 0.4) is 0 Å². The molecule has 0 aliphatic heterocycles. The first-order valence-corrected chi connectivity index (χ1v) is 36.6. The number of allylic oxidation sites excluding steroid dienone is 2. The van der Waals surface area contributed by atoms with Gasteiger partial charge in [-0.1, -0.05) is 125 Å². The summed E-state index contributed by atoms with van der Waals surface area (Å²) in [4.78, 5) is 83.2. The van der Waals surface area contributed by atoms with Gasteiger partial charge in [-0.3, -0.25) is 44.2 Å². The first-order chi connectivity index (χ1) is 50.2. The van der Waals surface area contributed by atoms with Crippen molar-refractivity contribution < 1.29 is 42.9 Å². The number of nitro benzene ring substituents is 2. The fourth-order valence-electron chi connectivity index (χ4n) is 8.66. The molecular weight excluding hydrogens is 1670 g/mol. The quantitative estimate of drug-likeness (QED) is 0.0219. The van der Waals surface area contributed by atoms with Crippen molar-refractivity contribution in [2.24, 2.45) is 11.5 Å². The van der Waals surface area contributed by atoms with Crippen LogP contribution in [0.4, 0.5) is 15.8 Å². The summed E-state index contributed by atoms with van der Waals surface area (Å²) in [5, 5.41) is 62.2. The highest BCUT2D eigenvalue weighted by molar-refractivity contribution is 9.11. The highest BCUT2D eigenvalue weighted by Crippen LogP contribution is 2.35. The van der Waals surface area contributed by atoms with Crippen molar-refractivity contribution in [2.75, 3.05) is 102 Å². The maximum absolute atomic E-state index is 12.9. The minimum atomic E-state index is -1.21. The van der Waals surface area contributed by atoms with Crippen molar-refractivity contribution in [1.29, 1.82) is 15.8 Å². The van der Waals surface area contributed by atoms with Gasteiger partial charge in [-0.25, -0.2) is 0 Å². The summed E-state index contributed by atoms with van der Waals surface area (Å²) >= 11 is 24.7. The monoisotopic (exact) mass is 1750 g/mol. The topological polar surface area (TPSA) is 374 Å². The Labute approximate surface area is 663 Å². The van der Waals surface area contributed by atoms with Gasteiger partial charge in [0.1, 0.15) is 18.0 Å². The van der Waals surface area contributed by atoms with Gasteiger partial charge in [-0.05, 0) is 181 Å². The Hall–Kier alpha value is -8.71. The molecule has 2 aliphatic carbocycles. The molecule has 0 heterocycles. The molecule has 2 aliphatic rings. The molecule has 0 bridgehead atoms. The number of rotatable bonds is 24. The van der Waals surface area contributed by atoms with Crippen molar-refractivity contribution in [3.63, 3.8) is 0 Å². The number of nitro groups is 2. The molecule has 570 valence electrons. The van der Waals surface area contributed by atoms with E-state index in [1.807, 2.05) is 137 Å². The third kappa shape index (κ3) is 38.0. The Kier molecular flexibility index (Phi) is 47.8. The number of methoxy groups -OCH3 is 1. The van der Waals surface area contributed by atoms with E-state index in [-0.39, 0.29) is 47.6 Å². The second-order valence-electron chi connectivity index (χ2n) is 23.4. The van der Waals surface area contributed by atoms with Crippen LogP contribution in [0.2, 0.25) is 10.0 Å². The number of benzene rings is 6. The third-order valence-electron chi connectivity index (χ3n) is 13.9. The molecule has 9 N–H and O–H groups in total. The number of hydrogen-bond donors (Lipinski definition) is 7. The highest BCUT2D eigenvalue weighted by Gasteiger charge is 2.30. The van der Waals surface area contributed by atoms with Gasteiger partial charge in [0.15, 0.2) is 5.92 Å². The number of nitriles is 3. The van der Waals surface area contributed by atoms with Gasteiger partial charge in [-0.15, -0.1) is 0 Å². The van der Waals surface area contributed by atoms with Gasteiger partial charge in [0.2, 0.25) is 17.6 Å². The lowest BCUT2D eigenvalue weighted by Gasteiger charge is -2.14. The van der Waals surface area contributed by atoms with Crippen LogP contribution in [0.1, 0.15) is 85.8 Å². The van der Waals surface area contributed by atoms with Crippen LogP contribution in [0.5, 0.6) is 5.75 Å². The minimum Gasteiger partial charge on any atom is -0.497 e. The molecule has 1 unspecified atom stereocenters. The SMILES string of the molecule is CC(=O)CC#N.CCCN.CCCNC(=O)CC#N.CN(C)CCNC(=O)C(C#N)c1ccc(Br)cc1[N+](=O)[O-].CN(C)CCNC(=O)C1=C(N)Cc2cc(Br)ccc21.CN(C)CCNC(=O)C1=C(NCc2ccc(Cl)cc2)Cc2cc(Br)ccc21.COc1ccc(Cl)cc1.O=[N+]([O-])c1cc(Br)ccc1F. The zero-order valence-electron chi connectivity index (χ0n) is 60.7. The number of hydrogen-bond acceptors (Lipinski definition) is 19. The maximum Gasteiger partial charge on any atom is 0.305 e. The number of carbonyl (C=O) groups excluding carboxylic acids is 5. The van der Waals surface area contributed by atoms with E-state index >= 15 is 0 Å². The number of Topliss-reactive ketones (excluding diaryl/α,β-unsaturated/α-hetero) is 1. The van der Waals surface area contributed by atoms with E-state index in [4.69, 9.17) is 49.9 Å². The Bertz CT molecular complexity index is 4060. The first kappa shape index (κ1) is 95.3. The van der Waals surface area contributed by atoms with Crippen molar-refractivity contribution in [3.8, 4) is 24.0 Å². The van der Waals surface area contributed by atoms with Crippen LogP contribution in [-0.4, -0.2) is 156 Å². The molecule has 0 spiro atoms. The van der Waals surface area contributed by atoms with Gasteiger partial charge in [-0.2, -0.15) is 20.2 Å². The number of nitrogens with two attached hydrogens (primary N) is 2. The molecule has 106 heavy (non-hydrogen) atoms. The molecule has 0 fully saturated rings. The summed E-state index contributed by atoms with van der Waals surface area (Å²) in [7, 11) is 13.3. The van der Waals surface area contributed by atoms with Crippen molar-refractivity contribution in [1.82, 2.24) is 41.3 Å². The predicted octanol–water partition coefficient (Wildman–Crippen LogP) is 12.9. The van der Waals surface area contributed by atoms with Gasteiger partial charge in [0, 0.05) is 117 Å². The summed E-state index contributed by atoms with van der Waals surface area (Å²) in [6.07, 6.45) is 3.39. The van der Waals surface area contributed by atoms with Crippen LogP contribution in [0, 0.1) is 60.0 Å². The molecule has 4 amide bonds. The van der Waals surface area contributed by atoms with Gasteiger partial charge in [0.25, 0.3) is 17.5 Å². The zero-order chi connectivity index (χ0) is 80.0. The maximum atomic E-state index is 12.9. The van der Waals surface area contributed by atoms with E-state index in [2.05, 4.69) is 103 Å². The smallest absolute Gasteiger partial charge is 0.305 e. The average Bonchev–Trinajstić information content (AvgIpc) is 1.61. The number of halogens is 7. The summed E-state index contributed by atoms with van der Waals surface area (Å²) in [6.45, 7) is 11.4. The lowest BCUT2D eigenvalue weighted by atomic mass is 9.98. The number of nitrogens with one attached hydrogen (secondary N) is 5. The van der Waals surface area contributed by atoms with Crippen LogP contribution in [0.25, 0.3) is 11.1 Å². The van der Waals surface area contributed by atoms with Crippen molar-refractivity contribution in [3.05, 3.63) is 220 Å². The van der Waals surface area contributed by atoms with Crippen molar-refractivity contribution in [2.45, 2.75) is 71.8 Å². The molecule has 25 nitrogen and oxygen atoms in total. The lowest BCUT2D eigenvalue weighted by molar-refractivity contribution is -0.387. The van der Waals surface area contributed by atoms with E-state index in [9.17, 15) is 53.9 Å². The largest absolute Gasteiger partial charge is 0.497 e. The normalized spacial score (nSPS) is 11.3. The Balaban J connectivity index is 0.000000644. The summed E-state index contributed by atoms with van der Waals surface area (Å²) < 4.78 is 20.5. The molecule has 0 radical (unpaired) electrons. The number of likely N-dealkylation sites (N-methyl/N-ethyl adjacent to an activating group) is 3. The fraction of sp³-hybridized carbons (Fsp3) is 0.351. The third-order valence-corrected chi connectivity index (χ3v) is 16.4. The highest BCUT2D eigenvalue weighted by atomic mass is 79.9. The second kappa shape index (κ2) is 53.1. The van der Waals surface area contributed by atoms with E-state index in [0.29, 0.717) is 65.9 Å². The Morgan fingerprint density at radius 2 is 1.06 bits per heavy atom. The Morgan fingerprint density at radius 3 is 1.49 bits per heavy atom. The van der Waals surface area contributed by atoms with Crippen LogP contribution < -0.4 is 42.8 Å². The van der Waals surface area contributed by atoms with Gasteiger partial charge >= 0.3 is 5.69 Å². The first-order valence-electron chi connectivity index (χ1n) is 32.7. The molecule has 0 saturated carbocycles. The fourth-order valence-corrected chi connectivity index (χ4v) is 10.4. The standard InChI is InChI=1S/C21H23BrClN3O.C14H18BrN3O.C13H15BrN4O3.C7H7ClO.C6H3BrFNO2.C6H10N2O.C4H5NO.C3H9N/c1-26(2)10-9-24-21(27)20-18-8-5-16(22)11-15(18)12-19(20)25-13-14-3-6-17(23)7-4-14;1-18(2)6-5-17-14(19)13-11-4-3-10(15)7-9(11)8-12(13)16;1-17(2)6-5-16-13(19)11(8-15)10-4-3-9(14)7-12(10)18(20)21;1-9-7-4-2-6(8)3-5-7;7-4-1-2-5(8)6(3-4)9(10)11;1-2-5-8-6(9)3-4-7;1-4(6)2-3-5;1-2-3-4/h3-8,11,25H,9-10,12-13H2,1-2H3,(H,24,27);3-4,7H,5-6,8,16H2,1-2H3,(H,17,19);3-4,7,11H,5-6H2,1-2H3,(H,16,19);2-5H,1H3;1-3H;2-3,5H2,1H3,(H,8,9);2H2,1H3;2-4H2,1H3. The van der Waals surface area contributed by atoms with Crippen LogP contribution >= 0.6 is 86.9 Å². The van der Waals surface area contributed by atoms with Gasteiger partial charge in [0.05, 0.1) is 58.3 Å². The number of fused-ring (bicyclic) bond motifs is 2. The Morgan fingerprint density at radius 1 is 0.613 bits per heavy atom. The average molecular weight is 1760 g/mol. The number of ether oxygens (including phenoxy) is 1. The molecule has 0 saturated heterocycles. The van der Waals surface area contributed by atoms with Crippen molar-refractivity contribution >= 4 is 139 Å². The molecule has 0 aromatic heterocycles. The number of amides is 4. The molecule has 6 aromatic carbocycles. The summed E-state index contributed by atoms with van der Waals surface area (Å²) in [5.74, 6) is -2.10. The second-order valence-corrected chi connectivity index (χ2v) is 28.0. The predicted molar refractivity (Wildman–Crippen MR) is 428 cm³/mol. The minimum absolute atomic E-state index is 0.0278. The lowest BCUT2D eigenvalue weighted by Crippen LogP contribution is -2.34. The van der Waals surface area contributed by atoms with Gasteiger partial charge < -0.3 is 57.5 Å². The number of nitrogens with zero attached hydrogens (tertiary/aromatic N) is 8. The molecular formula is C74H90Br4Cl2FN15O10. The van der Waals surface area contributed by atoms with E-state index in [1.165, 1.54) is 25.1 Å². The van der Waals surface area contributed by atoms with Crippen LogP contribution in [-0.2, 0) is 43.4 Å². The number of ketones is 1. The van der Waals surface area contributed by atoms with E-state index < -0.39 is 33.2 Å². The van der Waals surface area contributed by atoms with E-state index in [0.717, 1.165) is 115 Å².